The van der Waals surface area contributed by atoms with E-state index >= 15 is 0 Å². The van der Waals surface area contributed by atoms with Crippen molar-refractivity contribution in [1.82, 2.24) is 0 Å². The minimum Gasteiger partial charge on any atom is -0.494 e. The van der Waals surface area contributed by atoms with E-state index in [1.807, 2.05) is 58.0 Å². The van der Waals surface area contributed by atoms with Crippen LogP contribution >= 0.6 is 25.2 Å². The standard InChI is InChI=1S/C30H30BrF2O2P.C2H6/c1-5-34-21(4)24-8-6-7-22(14-24)13-19(2)9-10-20(3)26-17-25(31)11-12-28(26)35-18-23-15-27(32)30(33)29(36)16-23;1-2/h6-12,14-17H,4-5,13,18,36H2,1-3H3;1-2H3/b19-9-,20-10+;. The summed E-state index contributed by atoms with van der Waals surface area (Å²) in [7, 11) is 2.21. The van der Waals surface area contributed by atoms with E-state index in [0.717, 1.165) is 33.7 Å². The Labute approximate surface area is 236 Å². The van der Waals surface area contributed by atoms with Crippen LogP contribution in [0, 0.1) is 11.6 Å². The van der Waals surface area contributed by atoms with E-state index in [1.54, 1.807) is 6.07 Å². The Hall–Kier alpha value is -2.75. The van der Waals surface area contributed by atoms with Gasteiger partial charge in [0, 0.05) is 20.9 Å². The van der Waals surface area contributed by atoms with E-state index < -0.39 is 11.6 Å². The molecule has 3 rings (SSSR count). The maximum atomic E-state index is 13.8. The van der Waals surface area contributed by atoms with Gasteiger partial charge in [-0.15, -0.1) is 9.24 Å². The fourth-order valence-electron chi connectivity index (χ4n) is 3.70. The largest absolute Gasteiger partial charge is 0.494 e. The second kappa shape index (κ2) is 15.6. The van der Waals surface area contributed by atoms with Gasteiger partial charge in [-0.05, 0) is 80.3 Å². The molecule has 0 spiro atoms. The summed E-state index contributed by atoms with van der Waals surface area (Å²) in [6.45, 7) is 14.8. The summed E-state index contributed by atoms with van der Waals surface area (Å²) in [5.41, 5.74) is 5.85. The van der Waals surface area contributed by atoms with Crippen molar-refractivity contribution in [3.63, 3.8) is 0 Å². The SMILES string of the molecule is C=C(OCC)c1cccc(C/C(C)=C\C=C(/C)c2cc(Br)ccc2OCc2cc(F)c(F)c(P)c2)c1.CC. The van der Waals surface area contributed by atoms with Crippen LogP contribution in [0.5, 0.6) is 5.75 Å². The highest BCUT2D eigenvalue weighted by Gasteiger charge is 2.11. The van der Waals surface area contributed by atoms with Gasteiger partial charge in [-0.25, -0.2) is 8.78 Å². The minimum absolute atomic E-state index is 0.124. The summed E-state index contributed by atoms with van der Waals surface area (Å²) < 4.78 is 39.8. The average Bonchev–Trinajstić information content (AvgIpc) is 2.91. The third-order valence-corrected chi connectivity index (χ3v) is 6.46. The quantitative estimate of drug-likeness (QED) is 0.131. The lowest BCUT2D eigenvalue weighted by molar-refractivity contribution is 0.299. The molecule has 202 valence electrons. The van der Waals surface area contributed by atoms with Crippen molar-refractivity contribution in [1.29, 1.82) is 0 Å². The highest BCUT2D eigenvalue weighted by Crippen LogP contribution is 2.30. The monoisotopic (exact) mass is 600 g/mol. The molecule has 2 nitrogen and oxygen atoms in total. The van der Waals surface area contributed by atoms with Gasteiger partial charge in [0.1, 0.15) is 18.1 Å². The predicted octanol–water partition coefficient (Wildman–Crippen LogP) is 9.43. The van der Waals surface area contributed by atoms with Crippen LogP contribution in [0.4, 0.5) is 8.78 Å². The Balaban J connectivity index is 0.00000247. The van der Waals surface area contributed by atoms with Crippen molar-refractivity contribution in [3.05, 3.63) is 117 Å². The van der Waals surface area contributed by atoms with E-state index in [9.17, 15) is 8.78 Å². The summed E-state index contributed by atoms with van der Waals surface area (Å²) >= 11 is 3.53. The van der Waals surface area contributed by atoms with Gasteiger partial charge in [-0.2, -0.15) is 0 Å². The lowest BCUT2D eigenvalue weighted by Crippen LogP contribution is -2.07. The van der Waals surface area contributed by atoms with Gasteiger partial charge in [0.2, 0.25) is 0 Å². The van der Waals surface area contributed by atoms with Gasteiger partial charge in [-0.1, -0.05) is 72.3 Å². The normalized spacial score (nSPS) is 11.5. The van der Waals surface area contributed by atoms with Gasteiger partial charge >= 0.3 is 0 Å². The molecule has 3 aromatic rings. The van der Waals surface area contributed by atoms with Crippen LogP contribution in [0.2, 0.25) is 0 Å². The molecular weight excluding hydrogens is 565 g/mol. The minimum atomic E-state index is -0.887. The molecule has 0 aromatic heterocycles. The lowest BCUT2D eigenvalue weighted by Gasteiger charge is -2.13. The summed E-state index contributed by atoms with van der Waals surface area (Å²) in [4.78, 5) is 0. The third kappa shape index (κ3) is 9.22. The highest BCUT2D eigenvalue weighted by molar-refractivity contribution is 9.10. The molecule has 6 heteroatoms. The maximum absolute atomic E-state index is 13.8. The number of hydrogen-bond acceptors (Lipinski definition) is 2. The van der Waals surface area contributed by atoms with E-state index in [0.29, 0.717) is 23.7 Å². The summed E-state index contributed by atoms with van der Waals surface area (Å²) in [5.74, 6) is -0.409. The summed E-state index contributed by atoms with van der Waals surface area (Å²) in [5, 5.41) is 0.175. The molecule has 0 amide bonds. The number of rotatable bonds is 10. The Kier molecular flexibility index (Phi) is 12.9. The Morgan fingerprint density at radius 2 is 1.74 bits per heavy atom. The van der Waals surface area contributed by atoms with Crippen molar-refractivity contribution in [2.45, 2.75) is 47.6 Å². The number of hydrogen-bond donors (Lipinski definition) is 0. The van der Waals surface area contributed by atoms with E-state index in [-0.39, 0.29) is 11.9 Å². The first-order valence-corrected chi connectivity index (χ1v) is 14.0. The molecule has 0 radical (unpaired) electrons. The molecule has 0 bridgehead atoms. The highest BCUT2D eigenvalue weighted by atomic mass is 79.9. The topological polar surface area (TPSA) is 18.5 Å². The predicted molar refractivity (Wildman–Crippen MR) is 164 cm³/mol. The zero-order chi connectivity index (χ0) is 28.2. The molecule has 0 saturated heterocycles. The number of benzene rings is 3. The van der Waals surface area contributed by atoms with Crippen molar-refractivity contribution in [2.24, 2.45) is 0 Å². The van der Waals surface area contributed by atoms with Crippen molar-refractivity contribution < 1.29 is 18.3 Å². The molecular formula is C32H36BrF2O2P. The van der Waals surface area contributed by atoms with Crippen LogP contribution in [0.15, 0.2) is 83.4 Å². The Morgan fingerprint density at radius 3 is 2.42 bits per heavy atom. The van der Waals surface area contributed by atoms with Gasteiger partial charge in [0.25, 0.3) is 0 Å². The first-order valence-electron chi connectivity index (χ1n) is 12.6. The van der Waals surface area contributed by atoms with E-state index in [4.69, 9.17) is 9.47 Å². The average molecular weight is 602 g/mol. The van der Waals surface area contributed by atoms with Crippen molar-refractivity contribution >= 4 is 41.8 Å². The Bertz CT molecular complexity index is 1290. The molecule has 1 unspecified atom stereocenters. The van der Waals surface area contributed by atoms with Gasteiger partial charge < -0.3 is 9.47 Å². The number of halogens is 3. The summed E-state index contributed by atoms with van der Waals surface area (Å²) in [6, 6.07) is 16.7. The van der Waals surface area contributed by atoms with Crippen LogP contribution in [-0.4, -0.2) is 6.61 Å². The molecule has 3 aromatic carbocycles. The third-order valence-electron chi connectivity index (χ3n) is 5.55. The fraction of sp³-hybridized carbons (Fsp3) is 0.250. The first-order chi connectivity index (χ1) is 18.2. The van der Waals surface area contributed by atoms with Gasteiger partial charge in [0.15, 0.2) is 11.6 Å². The molecule has 38 heavy (non-hydrogen) atoms. The zero-order valence-corrected chi connectivity index (χ0v) is 25.4. The van der Waals surface area contributed by atoms with Crippen LogP contribution in [0.1, 0.15) is 56.9 Å². The molecule has 0 fully saturated rings. The maximum Gasteiger partial charge on any atom is 0.165 e. The van der Waals surface area contributed by atoms with Gasteiger partial charge in [-0.3, -0.25) is 0 Å². The molecule has 0 aliphatic rings. The molecule has 0 saturated carbocycles. The van der Waals surface area contributed by atoms with E-state index in [2.05, 4.69) is 63.0 Å². The second-order valence-corrected chi connectivity index (χ2v) is 10.0. The second-order valence-electron chi connectivity index (χ2n) is 8.51. The summed E-state index contributed by atoms with van der Waals surface area (Å²) in [6.07, 6.45) is 4.96. The molecule has 0 N–H and O–H groups in total. The lowest BCUT2D eigenvalue weighted by atomic mass is 10.0. The number of ether oxygens (including phenoxy) is 2. The van der Waals surface area contributed by atoms with E-state index in [1.165, 1.54) is 11.1 Å². The van der Waals surface area contributed by atoms with Crippen molar-refractivity contribution in [3.8, 4) is 5.75 Å². The zero-order valence-electron chi connectivity index (χ0n) is 22.7. The van der Waals surface area contributed by atoms with Crippen LogP contribution in [-0.2, 0) is 17.8 Å². The van der Waals surface area contributed by atoms with Crippen LogP contribution in [0.3, 0.4) is 0 Å². The number of allylic oxidation sites excluding steroid dienone is 4. The smallest absolute Gasteiger partial charge is 0.165 e. The molecule has 0 aliphatic heterocycles. The first kappa shape index (κ1) is 31.5. The molecule has 1 atom stereocenters. The van der Waals surface area contributed by atoms with Gasteiger partial charge in [0.05, 0.1) is 6.61 Å². The fourth-order valence-corrected chi connectivity index (χ4v) is 4.41. The Morgan fingerprint density at radius 1 is 1.00 bits per heavy atom. The molecule has 0 heterocycles. The van der Waals surface area contributed by atoms with Crippen LogP contribution in [0.25, 0.3) is 11.3 Å². The van der Waals surface area contributed by atoms with Crippen molar-refractivity contribution in [2.75, 3.05) is 6.61 Å². The molecule has 0 aliphatic carbocycles. The van der Waals surface area contributed by atoms with Crippen LogP contribution < -0.4 is 10.0 Å².